The van der Waals surface area contributed by atoms with Crippen LogP contribution in [-0.4, -0.2) is 23.8 Å². The van der Waals surface area contributed by atoms with Gasteiger partial charge in [-0.2, -0.15) is 0 Å². The molecule has 0 unspecified atom stereocenters. The smallest absolute Gasteiger partial charge is 0.264 e. The predicted octanol–water partition coefficient (Wildman–Crippen LogP) is 6.78. The average molecular weight is 512 g/mol. The molecule has 2 N–H and O–H groups in total. The molecule has 1 fully saturated rings. The molecule has 188 valence electrons. The van der Waals surface area contributed by atoms with Crippen molar-refractivity contribution in [3.63, 3.8) is 0 Å². The maximum atomic E-state index is 13.3. The molecule has 1 amide bonds. The van der Waals surface area contributed by atoms with Crippen molar-refractivity contribution < 1.29 is 14.3 Å². The number of ketones is 1. The summed E-state index contributed by atoms with van der Waals surface area (Å²) in [6, 6.07) is 23.0. The van der Waals surface area contributed by atoms with E-state index in [1.807, 2.05) is 79.7 Å². The number of aromatic nitrogens is 1. The zero-order valence-electron chi connectivity index (χ0n) is 20.9. The van der Waals surface area contributed by atoms with Crippen LogP contribution < -0.4 is 15.4 Å². The molecule has 0 spiro atoms. The maximum Gasteiger partial charge on any atom is 0.264 e. The molecule has 0 saturated heterocycles. The summed E-state index contributed by atoms with van der Waals surface area (Å²) in [5.41, 5.74) is 4.80. The van der Waals surface area contributed by atoms with Gasteiger partial charge >= 0.3 is 0 Å². The van der Waals surface area contributed by atoms with E-state index in [-0.39, 0.29) is 11.7 Å². The third-order valence-corrected chi connectivity index (χ3v) is 7.43. The van der Waals surface area contributed by atoms with E-state index in [9.17, 15) is 9.59 Å². The Balaban J connectivity index is 1.45. The van der Waals surface area contributed by atoms with Gasteiger partial charge in [0.1, 0.15) is 16.3 Å². The fourth-order valence-corrected chi connectivity index (χ4v) is 5.06. The molecule has 1 aliphatic rings. The minimum atomic E-state index is -0.208. The zero-order chi connectivity index (χ0) is 25.8. The minimum absolute atomic E-state index is 0.167. The van der Waals surface area contributed by atoms with Gasteiger partial charge in [0, 0.05) is 29.8 Å². The van der Waals surface area contributed by atoms with E-state index in [1.54, 1.807) is 7.11 Å². The van der Waals surface area contributed by atoms with E-state index in [1.165, 1.54) is 11.3 Å². The van der Waals surface area contributed by atoms with Gasteiger partial charge in [0.25, 0.3) is 5.91 Å². The number of amides is 1. The molecule has 6 nitrogen and oxygen atoms in total. The van der Waals surface area contributed by atoms with Crippen LogP contribution in [0.4, 0.5) is 10.8 Å². The average Bonchev–Trinajstić information content (AvgIpc) is 3.64. The highest BCUT2D eigenvalue weighted by molar-refractivity contribution is 7.18. The van der Waals surface area contributed by atoms with E-state index < -0.39 is 0 Å². The highest BCUT2D eigenvalue weighted by atomic mass is 32.1. The van der Waals surface area contributed by atoms with Gasteiger partial charge in [-0.25, -0.2) is 4.98 Å². The lowest BCUT2D eigenvalue weighted by atomic mass is 10.0. The van der Waals surface area contributed by atoms with E-state index in [0.717, 1.165) is 35.2 Å². The first-order valence-electron chi connectivity index (χ1n) is 12.4. The summed E-state index contributed by atoms with van der Waals surface area (Å²) in [7, 11) is 1.60. The lowest BCUT2D eigenvalue weighted by Crippen LogP contribution is -2.22. The predicted molar refractivity (Wildman–Crippen MR) is 148 cm³/mol. The molecule has 3 aromatic carbocycles. The van der Waals surface area contributed by atoms with Crippen LogP contribution in [0.25, 0.3) is 11.3 Å². The third kappa shape index (κ3) is 5.89. The summed E-state index contributed by atoms with van der Waals surface area (Å²) in [6.07, 6.45) is 2.88. The van der Waals surface area contributed by atoms with Gasteiger partial charge in [-0.05, 0) is 55.0 Å². The van der Waals surface area contributed by atoms with Crippen molar-refractivity contribution in [1.82, 2.24) is 10.3 Å². The number of ether oxygens (including phenoxy) is 1. The molecule has 0 radical (unpaired) electrons. The largest absolute Gasteiger partial charge is 0.496 e. The van der Waals surface area contributed by atoms with Gasteiger partial charge in [0.05, 0.1) is 7.11 Å². The molecule has 0 aliphatic heterocycles. The number of carbonyl (C=O) groups excluding carboxylic acids is 2. The van der Waals surface area contributed by atoms with Crippen LogP contribution >= 0.6 is 11.3 Å². The second-order valence-electron chi connectivity index (χ2n) is 9.29. The van der Waals surface area contributed by atoms with Gasteiger partial charge in [-0.3, -0.25) is 9.59 Å². The van der Waals surface area contributed by atoms with Crippen LogP contribution in [0.3, 0.4) is 0 Å². The second kappa shape index (κ2) is 11.0. The molecular formula is C30H29N3O3S. The van der Waals surface area contributed by atoms with Crippen LogP contribution in [0.15, 0.2) is 72.8 Å². The first kappa shape index (κ1) is 24.7. The van der Waals surface area contributed by atoms with Crippen LogP contribution in [0, 0.1) is 12.8 Å². The van der Waals surface area contributed by atoms with Crippen LogP contribution in [0.5, 0.6) is 5.75 Å². The number of hydrogen-bond donors (Lipinski definition) is 2. The summed E-state index contributed by atoms with van der Waals surface area (Å²) >= 11 is 1.28. The Kier molecular flexibility index (Phi) is 7.32. The zero-order valence-corrected chi connectivity index (χ0v) is 21.7. The molecule has 1 heterocycles. The number of aryl methyl sites for hydroxylation is 1. The molecular weight excluding hydrogens is 482 g/mol. The quantitative estimate of drug-likeness (QED) is 0.229. The Labute approximate surface area is 220 Å². The number of hydrogen-bond acceptors (Lipinski definition) is 6. The number of nitrogens with zero attached hydrogens (tertiary/aromatic N) is 1. The van der Waals surface area contributed by atoms with Crippen molar-refractivity contribution in [2.24, 2.45) is 5.92 Å². The Morgan fingerprint density at radius 3 is 2.54 bits per heavy atom. The first-order valence-corrected chi connectivity index (χ1v) is 13.2. The number of rotatable bonds is 10. The number of Topliss-reactive ketones (excluding diaryl/α,β-unsaturated/α-hetero) is 1. The van der Waals surface area contributed by atoms with Crippen LogP contribution in [0.2, 0.25) is 0 Å². The molecule has 1 aliphatic carbocycles. The summed E-state index contributed by atoms with van der Waals surface area (Å²) in [6.45, 7) is 2.40. The summed E-state index contributed by atoms with van der Waals surface area (Å²) in [4.78, 5) is 31.3. The number of benzene rings is 3. The van der Waals surface area contributed by atoms with Gasteiger partial charge < -0.3 is 15.4 Å². The fourth-order valence-electron chi connectivity index (χ4n) is 4.16. The minimum Gasteiger partial charge on any atom is -0.496 e. The normalized spacial score (nSPS) is 12.7. The Morgan fingerprint density at radius 2 is 1.78 bits per heavy atom. The third-order valence-electron chi connectivity index (χ3n) is 6.46. The number of nitrogens with one attached hydrogen (secondary N) is 2. The van der Waals surface area contributed by atoms with Crippen molar-refractivity contribution >= 4 is 33.8 Å². The second-order valence-corrected chi connectivity index (χ2v) is 10.3. The lowest BCUT2D eigenvalue weighted by molar-refractivity contribution is 0.0952. The van der Waals surface area contributed by atoms with E-state index in [4.69, 9.17) is 9.72 Å². The molecule has 37 heavy (non-hydrogen) atoms. The molecule has 1 aromatic heterocycles. The highest BCUT2D eigenvalue weighted by Crippen LogP contribution is 2.38. The van der Waals surface area contributed by atoms with Crippen molar-refractivity contribution in [1.29, 1.82) is 0 Å². The number of methoxy groups -OCH3 is 1. The van der Waals surface area contributed by atoms with Crippen LogP contribution in [-0.2, 0) is 6.54 Å². The topological polar surface area (TPSA) is 80.3 Å². The van der Waals surface area contributed by atoms with Crippen molar-refractivity contribution in [2.45, 2.75) is 32.7 Å². The van der Waals surface area contributed by atoms with Gasteiger partial charge in [0.2, 0.25) is 0 Å². The fraction of sp³-hybridized carbons (Fsp3) is 0.233. The SMILES string of the molecule is COc1ccccc1-c1nc(Nc2cc(C(=O)CC3CC3)ccc2C)sc1C(=O)NCc1ccccc1. The summed E-state index contributed by atoms with van der Waals surface area (Å²) in [5.74, 6) is 1.13. The number of carbonyl (C=O) groups is 2. The van der Waals surface area contributed by atoms with Gasteiger partial charge in [0.15, 0.2) is 10.9 Å². The summed E-state index contributed by atoms with van der Waals surface area (Å²) in [5, 5.41) is 6.96. The maximum absolute atomic E-state index is 13.3. The van der Waals surface area contributed by atoms with Crippen molar-refractivity contribution in [2.75, 3.05) is 12.4 Å². The van der Waals surface area contributed by atoms with E-state index >= 15 is 0 Å². The van der Waals surface area contributed by atoms with E-state index in [2.05, 4.69) is 10.6 Å². The number of para-hydroxylation sites is 1. The van der Waals surface area contributed by atoms with Crippen molar-refractivity contribution in [3.05, 3.63) is 94.4 Å². The molecule has 1 saturated carbocycles. The Morgan fingerprint density at radius 1 is 1.03 bits per heavy atom. The molecule has 0 atom stereocenters. The van der Waals surface area contributed by atoms with Crippen LogP contribution in [0.1, 0.15) is 50.4 Å². The van der Waals surface area contributed by atoms with E-state index in [0.29, 0.717) is 45.9 Å². The van der Waals surface area contributed by atoms with Crippen molar-refractivity contribution in [3.8, 4) is 17.0 Å². The van der Waals surface area contributed by atoms with Gasteiger partial charge in [-0.15, -0.1) is 0 Å². The standard InChI is InChI=1S/C30H29N3O3S/c1-19-12-15-22(25(34)16-20-13-14-20)17-24(19)32-30-33-27(23-10-6-7-11-26(23)36-2)28(37-30)29(35)31-18-21-8-4-3-5-9-21/h3-12,15,17,20H,13-14,16,18H2,1-2H3,(H,31,35)(H,32,33). The molecule has 0 bridgehead atoms. The van der Waals surface area contributed by atoms with Gasteiger partial charge in [-0.1, -0.05) is 65.9 Å². The molecule has 4 aromatic rings. The number of anilines is 2. The monoisotopic (exact) mass is 511 g/mol. The molecule has 7 heteroatoms. The Hall–Kier alpha value is -3.97. The summed E-state index contributed by atoms with van der Waals surface area (Å²) < 4.78 is 5.56. The number of thiazole rings is 1. The Bertz CT molecular complexity index is 1430. The first-order chi connectivity index (χ1) is 18.0. The lowest BCUT2D eigenvalue weighted by Gasteiger charge is -2.09. The highest BCUT2D eigenvalue weighted by Gasteiger charge is 2.25. The molecule has 5 rings (SSSR count).